The van der Waals surface area contributed by atoms with Gasteiger partial charge >= 0.3 is 5.97 Å². The number of fused-ring (bicyclic) bond motifs is 1. The van der Waals surface area contributed by atoms with Crippen molar-refractivity contribution in [3.05, 3.63) is 53.1 Å². The highest BCUT2D eigenvalue weighted by molar-refractivity contribution is 6.03. The molecule has 0 radical (unpaired) electrons. The Balaban J connectivity index is 1.57. The molecule has 1 amide bonds. The number of piperidine rings is 1. The van der Waals surface area contributed by atoms with Crippen LogP contribution in [0.1, 0.15) is 40.7 Å². The molecular formula is C28H35N3O5. The van der Waals surface area contributed by atoms with Gasteiger partial charge in [-0.2, -0.15) is 0 Å². The molecule has 2 aromatic carbocycles. The summed E-state index contributed by atoms with van der Waals surface area (Å²) in [6.45, 7) is 1.74. The lowest BCUT2D eigenvalue weighted by atomic mass is 9.78. The molecule has 1 saturated heterocycles. The molecule has 0 spiro atoms. The third kappa shape index (κ3) is 5.48. The van der Waals surface area contributed by atoms with E-state index in [0.29, 0.717) is 49.5 Å². The number of carbonyl (C=O) groups is 2. The molecule has 0 unspecified atom stereocenters. The van der Waals surface area contributed by atoms with E-state index in [4.69, 9.17) is 14.5 Å². The summed E-state index contributed by atoms with van der Waals surface area (Å²) < 4.78 is 11.0. The number of carboxylic acid groups (broad SMARTS) is 1. The number of aliphatic carboxylic acids is 1. The van der Waals surface area contributed by atoms with Crippen LogP contribution in [-0.4, -0.2) is 75.5 Å². The predicted octanol–water partition coefficient (Wildman–Crippen LogP) is 3.76. The van der Waals surface area contributed by atoms with Gasteiger partial charge in [-0.25, -0.2) is 0 Å². The Morgan fingerprint density at radius 3 is 2.42 bits per heavy atom. The molecule has 0 aromatic heterocycles. The van der Waals surface area contributed by atoms with E-state index >= 15 is 0 Å². The van der Waals surface area contributed by atoms with E-state index in [0.717, 1.165) is 28.9 Å². The zero-order chi connectivity index (χ0) is 25.8. The smallest absolute Gasteiger partial charge is 0.303 e. The summed E-state index contributed by atoms with van der Waals surface area (Å²) in [6.07, 6.45) is 2.18. The maximum Gasteiger partial charge on any atom is 0.303 e. The van der Waals surface area contributed by atoms with Crippen molar-refractivity contribution in [3.8, 4) is 11.5 Å². The minimum atomic E-state index is -0.804. The van der Waals surface area contributed by atoms with Crippen molar-refractivity contribution in [2.75, 3.05) is 52.8 Å². The van der Waals surface area contributed by atoms with E-state index in [1.807, 2.05) is 60.3 Å². The second kappa shape index (κ2) is 11.0. The van der Waals surface area contributed by atoms with Crippen molar-refractivity contribution in [2.45, 2.75) is 25.7 Å². The van der Waals surface area contributed by atoms with Crippen molar-refractivity contribution in [1.29, 1.82) is 0 Å². The largest absolute Gasteiger partial charge is 0.493 e. The molecule has 2 aliphatic rings. The lowest BCUT2D eigenvalue weighted by molar-refractivity contribution is -0.138. The molecule has 36 heavy (non-hydrogen) atoms. The molecule has 2 atom stereocenters. The second-order valence-corrected chi connectivity index (χ2v) is 9.75. The van der Waals surface area contributed by atoms with Crippen LogP contribution in [0, 0.1) is 11.8 Å². The van der Waals surface area contributed by atoms with E-state index in [2.05, 4.69) is 0 Å². The summed E-state index contributed by atoms with van der Waals surface area (Å²) in [5.74, 6) is 0.497. The van der Waals surface area contributed by atoms with Crippen LogP contribution in [0.25, 0.3) is 0 Å². The van der Waals surface area contributed by atoms with E-state index in [9.17, 15) is 14.7 Å². The van der Waals surface area contributed by atoms with Crippen LogP contribution in [0.3, 0.4) is 0 Å². The van der Waals surface area contributed by atoms with Crippen LogP contribution in [0.15, 0.2) is 41.4 Å². The molecule has 0 aliphatic carbocycles. The number of rotatable bonds is 8. The van der Waals surface area contributed by atoms with Gasteiger partial charge in [0.15, 0.2) is 11.5 Å². The second-order valence-electron chi connectivity index (χ2n) is 9.75. The molecule has 1 fully saturated rings. The first-order chi connectivity index (χ1) is 17.3. The number of carbonyl (C=O) groups excluding carboxylic acids is 1. The number of amides is 1. The molecule has 2 aromatic rings. The minimum Gasteiger partial charge on any atom is -0.493 e. The standard InChI is InChI=1S/C28H35N3O5/c1-30(2)22-7-5-18(6-8-22)28(34)31-12-10-19(15-27(32)33)21(17-31)13-24-23-16-26(36-4)25(35-3)14-20(23)9-11-29-24/h5-8,14,16,19,21H,9-13,15,17H2,1-4H3,(H,32,33)/t19-,21-/m0/s1. The summed E-state index contributed by atoms with van der Waals surface area (Å²) in [5, 5.41) is 9.55. The molecule has 2 heterocycles. The molecule has 4 rings (SSSR count). The van der Waals surface area contributed by atoms with Gasteiger partial charge < -0.3 is 24.4 Å². The lowest BCUT2D eigenvalue weighted by Gasteiger charge is -2.39. The Bertz CT molecular complexity index is 1140. The first-order valence-electron chi connectivity index (χ1n) is 12.4. The van der Waals surface area contributed by atoms with Crippen molar-refractivity contribution in [2.24, 2.45) is 16.8 Å². The van der Waals surface area contributed by atoms with Crippen LogP contribution >= 0.6 is 0 Å². The van der Waals surface area contributed by atoms with E-state index in [-0.39, 0.29) is 24.2 Å². The number of ether oxygens (including phenoxy) is 2. The summed E-state index contributed by atoms with van der Waals surface area (Å²) in [7, 11) is 7.17. The highest BCUT2D eigenvalue weighted by atomic mass is 16.5. The highest BCUT2D eigenvalue weighted by Crippen LogP contribution is 2.36. The molecule has 8 heteroatoms. The number of carboxylic acids is 1. The number of methoxy groups -OCH3 is 2. The summed E-state index contributed by atoms with van der Waals surface area (Å²) in [4.78, 5) is 33.7. The normalized spacial score (nSPS) is 19.2. The molecule has 0 bridgehead atoms. The van der Waals surface area contributed by atoms with Crippen molar-refractivity contribution >= 4 is 23.3 Å². The number of nitrogens with zero attached hydrogens (tertiary/aromatic N) is 3. The highest BCUT2D eigenvalue weighted by Gasteiger charge is 2.35. The molecule has 2 aliphatic heterocycles. The third-order valence-electron chi connectivity index (χ3n) is 7.31. The zero-order valence-electron chi connectivity index (χ0n) is 21.5. The van der Waals surface area contributed by atoms with Gasteiger partial charge in [0.05, 0.1) is 14.2 Å². The molecular weight excluding hydrogens is 458 g/mol. The summed E-state index contributed by atoms with van der Waals surface area (Å²) in [5.41, 5.74) is 4.80. The van der Waals surface area contributed by atoms with Gasteiger partial charge in [-0.1, -0.05) is 0 Å². The van der Waals surface area contributed by atoms with Gasteiger partial charge in [0, 0.05) is 62.7 Å². The monoisotopic (exact) mass is 493 g/mol. The average molecular weight is 494 g/mol. The van der Waals surface area contributed by atoms with Crippen molar-refractivity contribution in [3.63, 3.8) is 0 Å². The average Bonchev–Trinajstić information content (AvgIpc) is 2.88. The Morgan fingerprint density at radius 2 is 1.78 bits per heavy atom. The van der Waals surface area contributed by atoms with E-state index < -0.39 is 5.97 Å². The number of anilines is 1. The van der Waals surface area contributed by atoms with Crippen molar-refractivity contribution in [1.82, 2.24) is 4.90 Å². The van der Waals surface area contributed by atoms with Gasteiger partial charge in [-0.05, 0) is 73.1 Å². The van der Waals surface area contributed by atoms with Gasteiger partial charge in [0.2, 0.25) is 0 Å². The first kappa shape index (κ1) is 25.5. The van der Waals surface area contributed by atoms with Crippen LogP contribution < -0.4 is 14.4 Å². The molecule has 192 valence electrons. The lowest BCUT2D eigenvalue weighted by Crippen LogP contribution is -2.45. The zero-order valence-corrected chi connectivity index (χ0v) is 21.5. The Morgan fingerprint density at radius 1 is 1.08 bits per heavy atom. The molecule has 0 saturated carbocycles. The van der Waals surface area contributed by atoms with E-state index in [1.165, 1.54) is 0 Å². The van der Waals surface area contributed by atoms with Crippen LogP contribution in [-0.2, 0) is 11.2 Å². The maximum absolute atomic E-state index is 13.3. The summed E-state index contributed by atoms with van der Waals surface area (Å²) >= 11 is 0. The van der Waals surface area contributed by atoms with Crippen LogP contribution in [0.2, 0.25) is 0 Å². The topological polar surface area (TPSA) is 91.7 Å². The van der Waals surface area contributed by atoms with Gasteiger partial charge in [-0.3, -0.25) is 14.6 Å². The Hall–Kier alpha value is -3.55. The fourth-order valence-corrected chi connectivity index (χ4v) is 5.29. The summed E-state index contributed by atoms with van der Waals surface area (Å²) in [6, 6.07) is 11.6. The Kier molecular flexibility index (Phi) is 7.82. The fourth-order valence-electron chi connectivity index (χ4n) is 5.29. The first-order valence-corrected chi connectivity index (χ1v) is 12.4. The number of benzene rings is 2. The number of aliphatic imine (C=N–C) groups is 1. The third-order valence-corrected chi connectivity index (χ3v) is 7.31. The predicted molar refractivity (Wildman–Crippen MR) is 140 cm³/mol. The number of hydrogen-bond acceptors (Lipinski definition) is 6. The minimum absolute atomic E-state index is 0.00218. The van der Waals surface area contributed by atoms with Gasteiger partial charge in [0.1, 0.15) is 0 Å². The molecule has 1 N–H and O–H groups in total. The SMILES string of the molecule is COc1cc2c(cc1OC)C(C[C@H]1CN(C(=O)c3ccc(N(C)C)cc3)CC[C@H]1CC(=O)O)=NCC2. The fraction of sp³-hybridized carbons (Fsp3) is 0.464. The van der Waals surface area contributed by atoms with Gasteiger partial charge in [-0.15, -0.1) is 0 Å². The van der Waals surface area contributed by atoms with Crippen LogP contribution in [0.4, 0.5) is 5.69 Å². The quantitative estimate of drug-likeness (QED) is 0.602. The maximum atomic E-state index is 13.3. The van der Waals surface area contributed by atoms with E-state index in [1.54, 1.807) is 14.2 Å². The van der Waals surface area contributed by atoms with Crippen molar-refractivity contribution < 1.29 is 24.2 Å². The van der Waals surface area contributed by atoms with Gasteiger partial charge in [0.25, 0.3) is 5.91 Å². The number of hydrogen-bond donors (Lipinski definition) is 1. The Labute approximate surface area is 212 Å². The number of likely N-dealkylation sites (tertiary alicyclic amines) is 1. The van der Waals surface area contributed by atoms with Crippen LogP contribution in [0.5, 0.6) is 11.5 Å². The molecule has 8 nitrogen and oxygen atoms in total.